The standard InChI is InChI=1S/C21H34O3/c1-20-9-7-14(23)11-13(20)3-4-15-16-5-6-18(19(24)12-22)21(16,2)10-8-17(15)20/h13-18,22-23H,3-12H2,1-2H3/t13?,14-,15-,16-,17-,18+,20-,21-/m0/s1. The highest BCUT2D eigenvalue weighted by molar-refractivity contribution is 5.83. The van der Waals surface area contributed by atoms with E-state index < -0.39 is 0 Å². The van der Waals surface area contributed by atoms with E-state index in [9.17, 15) is 15.0 Å². The Morgan fingerprint density at radius 1 is 0.958 bits per heavy atom. The molecule has 0 heterocycles. The van der Waals surface area contributed by atoms with Crippen LogP contribution in [0.4, 0.5) is 0 Å². The molecule has 0 aromatic heterocycles. The zero-order valence-electron chi connectivity index (χ0n) is 15.3. The van der Waals surface area contributed by atoms with E-state index in [0.717, 1.165) is 37.5 Å². The molecule has 4 fully saturated rings. The van der Waals surface area contributed by atoms with Gasteiger partial charge in [-0.15, -0.1) is 0 Å². The van der Waals surface area contributed by atoms with Crippen molar-refractivity contribution in [1.29, 1.82) is 0 Å². The van der Waals surface area contributed by atoms with Crippen molar-refractivity contribution >= 4 is 5.78 Å². The molecule has 1 unspecified atom stereocenters. The van der Waals surface area contributed by atoms with E-state index in [1.807, 2.05) is 0 Å². The summed E-state index contributed by atoms with van der Waals surface area (Å²) in [5.41, 5.74) is 0.529. The molecule has 24 heavy (non-hydrogen) atoms. The number of aliphatic hydroxyl groups excluding tert-OH is 2. The molecule has 3 nitrogen and oxygen atoms in total. The summed E-state index contributed by atoms with van der Waals surface area (Å²) in [6.45, 7) is 4.57. The molecule has 0 spiro atoms. The minimum Gasteiger partial charge on any atom is -0.393 e. The van der Waals surface area contributed by atoms with Crippen LogP contribution >= 0.6 is 0 Å². The Bertz CT molecular complexity index is 517. The van der Waals surface area contributed by atoms with Crippen LogP contribution in [0.2, 0.25) is 0 Å². The number of rotatable bonds is 2. The molecule has 0 aromatic carbocycles. The number of carbonyl (C=O) groups is 1. The Balaban J connectivity index is 1.60. The molecule has 0 radical (unpaired) electrons. The number of fused-ring (bicyclic) bond motifs is 5. The number of hydrogen-bond donors (Lipinski definition) is 2. The number of carbonyl (C=O) groups excluding carboxylic acids is 1. The minimum atomic E-state index is -0.279. The third kappa shape index (κ3) is 2.26. The van der Waals surface area contributed by atoms with Gasteiger partial charge < -0.3 is 10.2 Å². The monoisotopic (exact) mass is 334 g/mol. The fourth-order valence-corrected chi connectivity index (χ4v) is 7.87. The fourth-order valence-electron chi connectivity index (χ4n) is 7.87. The van der Waals surface area contributed by atoms with E-state index in [2.05, 4.69) is 13.8 Å². The third-order valence-electron chi connectivity index (χ3n) is 9.18. The van der Waals surface area contributed by atoms with E-state index >= 15 is 0 Å². The molecule has 0 amide bonds. The van der Waals surface area contributed by atoms with Crippen molar-refractivity contribution in [2.24, 2.45) is 40.4 Å². The highest BCUT2D eigenvalue weighted by Crippen LogP contribution is 2.67. The van der Waals surface area contributed by atoms with Crippen LogP contribution in [0.3, 0.4) is 0 Å². The van der Waals surface area contributed by atoms with Crippen LogP contribution in [-0.4, -0.2) is 28.7 Å². The Morgan fingerprint density at radius 2 is 1.67 bits per heavy atom. The van der Waals surface area contributed by atoms with Gasteiger partial charge >= 0.3 is 0 Å². The number of hydrogen-bond acceptors (Lipinski definition) is 3. The fraction of sp³-hybridized carbons (Fsp3) is 0.952. The second-order valence-electron chi connectivity index (χ2n) is 9.88. The zero-order chi connectivity index (χ0) is 17.1. The van der Waals surface area contributed by atoms with Gasteiger partial charge in [0.2, 0.25) is 0 Å². The van der Waals surface area contributed by atoms with Gasteiger partial charge in [0.15, 0.2) is 5.78 Å². The van der Waals surface area contributed by atoms with Crippen molar-refractivity contribution in [1.82, 2.24) is 0 Å². The molecule has 4 aliphatic carbocycles. The van der Waals surface area contributed by atoms with Crippen LogP contribution in [0.1, 0.15) is 71.6 Å². The second-order valence-corrected chi connectivity index (χ2v) is 9.88. The van der Waals surface area contributed by atoms with Crippen molar-refractivity contribution in [3.63, 3.8) is 0 Å². The van der Waals surface area contributed by atoms with E-state index in [4.69, 9.17) is 0 Å². The lowest BCUT2D eigenvalue weighted by Crippen LogP contribution is -2.54. The number of ketones is 1. The molecule has 2 N–H and O–H groups in total. The molecule has 136 valence electrons. The predicted octanol–water partition coefficient (Wildman–Crippen LogP) is 3.57. The molecule has 0 saturated heterocycles. The molecule has 0 aliphatic heterocycles. The van der Waals surface area contributed by atoms with Gasteiger partial charge in [-0.05, 0) is 92.3 Å². The van der Waals surface area contributed by atoms with Crippen LogP contribution in [0.5, 0.6) is 0 Å². The lowest BCUT2D eigenvalue weighted by molar-refractivity contribution is -0.141. The van der Waals surface area contributed by atoms with Crippen molar-refractivity contribution < 1.29 is 15.0 Å². The van der Waals surface area contributed by atoms with Crippen molar-refractivity contribution in [2.45, 2.75) is 77.7 Å². The van der Waals surface area contributed by atoms with E-state index in [1.165, 1.54) is 32.1 Å². The summed E-state index contributed by atoms with van der Waals surface area (Å²) in [6, 6.07) is 0. The molecule has 4 saturated carbocycles. The Kier molecular flexibility index (Phi) is 4.12. The molecular formula is C21H34O3. The van der Waals surface area contributed by atoms with Gasteiger partial charge in [-0.3, -0.25) is 4.79 Å². The lowest BCUT2D eigenvalue weighted by atomic mass is 9.44. The van der Waals surface area contributed by atoms with Gasteiger partial charge in [0.25, 0.3) is 0 Å². The highest BCUT2D eigenvalue weighted by Gasteiger charge is 2.60. The van der Waals surface area contributed by atoms with Crippen molar-refractivity contribution in [3.8, 4) is 0 Å². The normalized spacial score (nSPS) is 53.8. The predicted molar refractivity (Wildman–Crippen MR) is 93.3 cm³/mol. The largest absolute Gasteiger partial charge is 0.393 e. The summed E-state index contributed by atoms with van der Waals surface area (Å²) in [7, 11) is 0. The van der Waals surface area contributed by atoms with Crippen LogP contribution < -0.4 is 0 Å². The van der Waals surface area contributed by atoms with Gasteiger partial charge in [-0.2, -0.15) is 0 Å². The van der Waals surface area contributed by atoms with Crippen molar-refractivity contribution in [3.05, 3.63) is 0 Å². The van der Waals surface area contributed by atoms with Gasteiger partial charge in [0.05, 0.1) is 6.10 Å². The SMILES string of the molecule is C[C@]12CC[C@H]3[C@@H](CCC4C[C@@H](O)CC[C@@]43C)[C@@H]1CC[C@@H]2C(=O)CO. The van der Waals surface area contributed by atoms with E-state index in [0.29, 0.717) is 17.3 Å². The average molecular weight is 335 g/mol. The van der Waals surface area contributed by atoms with Crippen LogP contribution in [0.15, 0.2) is 0 Å². The molecule has 8 atom stereocenters. The average Bonchev–Trinajstić information content (AvgIpc) is 2.92. The topological polar surface area (TPSA) is 57.5 Å². The molecule has 4 rings (SSSR count). The maximum atomic E-state index is 12.3. The molecular weight excluding hydrogens is 300 g/mol. The maximum absolute atomic E-state index is 12.3. The number of Topliss-reactive ketones (excluding diaryl/α,β-unsaturated/α-hetero) is 1. The van der Waals surface area contributed by atoms with Gasteiger partial charge in [-0.25, -0.2) is 0 Å². The maximum Gasteiger partial charge on any atom is 0.161 e. The molecule has 0 aromatic rings. The first-order valence-electron chi connectivity index (χ1n) is 10.2. The second kappa shape index (κ2) is 5.81. The Labute approximate surface area is 146 Å². The van der Waals surface area contributed by atoms with Gasteiger partial charge in [0.1, 0.15) is 6.61 Å². The minimum absolute atomic E-state index is 0.0773. The highest BCUT2D eigenvalue weighted by atomic mass is 16.3. The van der Waals surface area contributed by atoms with Crippen LogP contribution in [0, 0.1) is 40.4 Å². The van der Waals surface area contributed by atoms with E-state index in [1.54, 1.807) is 0 Å². The Hall–Kier alpha value is -0.410. The lowest BCUT2D eigenvalue weighted by Gasteiger charge is -2.60. The molecule has 0 bridgehead atoms. The van der Waals surface area contributed by atoms with E-state index in [-0.39, 0.29) is 29.8 Å². The zero-order valence-corrected chi connectivity index (χ0v) is 15.3. The first-order valence-corrected chi connectivity index (χ1v) is 10.2. The Morgan fingerprint density at radius 3 is 2.42 bits per heavy atom. The van der Waals surface area contributed by atoms with Crippen LogP contribution in [-0.2, 0) is 4.79 Å². The summed E-state index contributed by atoms with van der Waals surface area (Å²) in [5, 5.41) is 19.5. The summed E-state index contributed by atoms with van der Waals surface area (Å²) in [6.07, 6.45) is 10.2. The summed E-state index contributed by atoms with van der Waals surface area (Å²) in [5.74, 6) is 3.08. The third-order valence-corrected chi connectivity index (χ3v) is 9.18. The van der Waals surface area contributed by atoms with Crippen LogP contribution in [0.25, 0.3) is 0 Å². The molecule has 3 heteroatoms. The summed E-state index contributed by atoms with van der Waals surface area (Å²) in [4.78, 5) is 12.3. The summed E-state index contributed by atoms with van der Waals surface area (Å²) >= 11 is 0. The molecule has 4 aliphatic rings. The summed E-state index contributed by atoms with van der Waals surface area (Å²) < 4.78 is 0. The smallest absolute Gasteiger partial charge is 0.161 e. The first-order chi connectivity index (χ1) is 11.4. The van der Waals surface area contributed by atoms with Gasteiger partial charge in [-0.1, -0.05) is 13.8 Å². The van der Waals surface area contributed by atoms with Gasteiger partial charge in [0, 0.05) is 5.92 Å². The first kappa shape index (κ1) is 17.0. The quantitative estimate of drug-likeness (QED) is 0.812. The van der Waals surface area contributed by atoms with Crippen molar-refractivity contribution in [2.75, 3.05) is 6.61 Å². The number of aliphatic hydroxyl groups is 2.